The monoisotopic (exact) mass is 672 g/mol. The van der Waals surface area contributed by atoms with Crippen LogP contribution in [0, 0.1) is 12.1 Å². The van der Waals surface area contributed by atoms with Crippen LogP contribution in [0.1, 0.15) is 0 Å². The van der Waals surface area contributed by atoms with Crippen LogP contribution in [0.3, 0.4) is 0 Å². The number of halogens is 2. The summed E-state index contributed by atoms with van der Waals surface area (Å²) in [5.41, 5.74) is 0. The van der Waals surface area contributed by atoms with Crippen LogP contribution in [0.5, 0.6) is 0 Å². The molecule has 0 heterocycles. The molecule has 8 rings (SSSR count). The number of hydrogen-bond donors (Lipinski definition) is 0. The fraction of sp³-hybridized carbons (Fsp3) is 0. The molecule has 0 amide bonds. The zero-order chi connectivity index (χ0) is 25.8. The standard InChI is InChI=1S/2C13H9.2C6H5.2ClH.Si.Zr/c2*1-3-7-12-10(5-1)9-11-6-2-4-8-13(11)12;2*1-2-4-6-5-3-1;;;;/h2*1-9H;2*1-5H;2*1H;;/q4*-1;;;;+2/p-2. The summed E-state index contributed by atoms with van der Waals surface area (Å²) in [4.78, 5) is 0. The van der Waals surface area contributed by atoms with Gasteiger partial charge in [-0.05, 0) is 0 Å². The molecule has 0 aliphatic heterocycles. The third-order valence-electron chi connectivity index (χ3n) is 6.26. The molecule has 0 nitrogen and oxygen atoms in total. The SMILES string of the molecule is [Cl-].[Cl-].[Si].[Zr+2].[c-]1ccccc1.[c-]1ccccc1.c1ccc2c(c1)[cH-]c1ccccc12.c1ccc2c(c1)[cH-]c1ccccc12. The van der Waals surface area contributed by atoms with Crippen molar-refractivity contribution in [3.8, 4) is 0 Å². The van der Waals surface area contributed by atoms with E-state index >= 15 is 0 Å². The summed E-state index contributed by atoms with van der Waals surface area (Å²) in [6.07, 6.45) is 0. The van der Waals surface area contributed by atoms with E-state index in [9.17, 15) is 0 Å². The van der Waals surface area contributed by atoms with Gasteiger partial charge >= 0.3 is 26.2 Å². The van der Waals surface area contributed by atoms with Gasteiger partial charge in [-0.3, -0.25) is 0 Å². The predicted octanol–water partition coefficient (Wildman–Crippen LogP) is 4.02. The molecule has 0 saturated carbocycles. The first-order valence-electron chi connectivity index (χ1n) is 12.8. The number of benzene rings is 6. The number of fused-ring (bicyclic) bond motifs is 6. The second-order valence-corrected chi connectivity index (χ2v) is 8.79. The van der Waals surface area contributed by atoms with Gasteiger partial charge in [-0.1, -0.05) is 72.8 Å². The average Bonchev–Trinajstić information content (AvgIpc) is 3.59. The maximum absolute atomic E-state index is 2.89. The van der Waals surface area contributed by atoms with Crippen LogP contribution >= 0.6 is 0 Å². The minimum absolute atomic E-state index is 0. The predicted molar refractivity (Wildman–Crippen MR) is 170 cm³/mol. The summed E-state index contributed by atoms with van der Waals surface area (Å²) in [5, 5.41) is 10.8. The van der Waals surface area contributed by atoms with Crippen molar-refractivity contribution in [2.45, 2.75) is 0 Å². The Labute approximate surface area is 285 Å². The minimum Gasteiger partial charge on any atom is -1.00 e. The molecule has 8 aromatic carbocycles. The smallest absolute Gasteiger partial charge is 1.00 e. The van der Waals surface area contributed by atoms with Crippen LogP contribution in [-0.4, -0.2) is 11.0 Å². The number of hydrogen-bond acceptors (Lipinski definition) is 0. The quantitative estimate of drug-likeness (QED) is 0.169. The molecule has 0 aromatic heterocycles. The molecule has 0 unspecified atom stereocenters. The topological polar surface area (TPSA) is 0 Å². The van der Waals surface area contributed by atoms with Crippen LogP contribution < -0.4 is 24.8 Å². The van der Waals surface area contributed by atoms with Crippen LogP contribution in [0.4, 0.5) is 0 Å². The summed E-state index contributed by atoms with van der Waals surface area (Å²) < 4.78 is 0. The van der Waals surface area contributed by atoms with Gasteiger partial charge in [-0.15, -0.1) is 79.5 Å². The van der Waals surface area contributed by atoms with Crippen molar-refractivity contribution >= 4 is 54.1 Å². The molecule has 0 spiro atoms. The molecule has 0 saturated heterocycles. The molecular formula is C38H28Cl2SiZr-4. The van der Waals surface area contributed by atoms with Crippen molar-refractivity contribution in [2.24, 2.45) is 0 Å². The van der Waals surface area contributed by atoms with E-state index in [-0.39, 0.29) is 62.0 Å². The van der Waals surface area contributed by atoms with Gasteiger partial charge in [0.1, 0.15) is 0 Å². The Morgan fingerprint density at radius 1 is 0.333 bits per heavy atom. The summed E-state index contributed by atoms with van der Waals surface area (Å²) >= 11 is 0. The second kappa shape index (κ2) is 19.8. The van der Waals surface area contributed by atoms with E-state index in [1.54, 1.807) is 0 Å². The molecule has 0 aliphatic carbocycles. The third kappa shape index (κ3) is 9.93. The molecule has 42 heavy (non-hydrogen) atoms. The van der Waals surface area contributed by atoms with Crippen LogP contribution in [0.25, 0.3) is 43.1 Å². The van der Waals surface area contributed by atoms with E-state index < -0.39 is 0 Å². The van der Waals surface area contributed by atoms with E-state index in [2.05, 4.69) is 121 Å². The summed E-state index contributed by atoms with van der Waals surface area (Å²) in [6.45, 7) is 0. The van der Waals surface area contributed by atoms with E-state index in [1.807, 2.05) is 60.7 Å². The van der Waals surface area contributed by atoms with E-state index in [4.69, 9.17) is 0 Å². The fourth-order valence-electron chi connectivity index (χ4n) is 4.49. The molecular weight excluding hydrogens is 647 g/mol. The molecule has 4 heteroatoms. The summed E-state index contributed by atoms with van der Waals surface area (Å²) in [6, 6.07) is 63.5. The molecule has 4 radical (unpaired) electrons. The third-order valence-corrected chi connectivity index (χ3v) is 6.26. The normalized spacial score (nSPS) is 9.14. The average molecular weight is 675 g/mol. The maximum Gasteiger partial charge on any atom is 2.00 e. The fourth-order valence-corrected chi connectivity index (χ4v) is 4.49. The Bertz CT molecular complexity index is 1540. The maximum atomic E-state index is 2.89. The zero-order valence-electron chi connectivity index (χ0n) is 22.9. The van der Waals surface area contributed by atoms with Crippen LogP contribution in [0.15, 0.2) is 170 Å². The molecule has 0 atom stereocenters. The molecule has 8 aromatic rings. The van der Waals surface area contributed by atoms with Crippen LogP contribution in [-0.2, 0) is 26.2 Å². The molecule has 0 fully saturated rings. The van der Waals surface area contributed by atoms with E-state index in [1.165, 1.54) is 43.1 Å². The van der Waals surface area contributed by atoms with Gasteiger partial charge in [0.25, 0.3) is 0 Å². The summed E-state index contributed by atoms with van der Waals surface area (Å²) in [7, 11) is 0. The Morgan fingerprint density at radius 2 is 0.571 bits per heavy atom. The zero-order valence-corrected chi connectivity index (χ0v) is 27.9. The van der Waals surface area contributed by atoms with Gasteiger partial charge in [0.15, 0.2) is 0 Å². The van der Waals surface area contributed by atoms with Crippen molar-refractivity contribution < 1.29 is 51.0 Å². The first-order valence-corrected chi connectivity index (χ1v) is 12.8. The van der Waals surface area contributed by atoms with Crippen molar-refractivity contribution in [2.75, 3.05) is 0 Å². The molecule has 0 bridgehead atoms. The van der Waals surface area contributed by atoms with Gasteiger partial charge in [-0.2, -0.15) is 72.8 Å². The Balaban J connectivity index is 0.000000287. The van der Waals surface area contributed by atoms with E-state index in [0.717, 1.165) is 0 Å². The number of rotatable bonds is 0. The molecule has 0 N–H and O–H groups in total. The van der Waals surface area contributed by atoms with E-state index in [0.29, 0.717) is 0 Å². The Kier molecular flexibility index (Phi) is 17.3. The van der Waals surface area contributed by atoms with Crippen molar-refractivity contribution in [3.63, 3.8) is 0 Å². The first kappa shape index (κ1) is 36.8. The van der Waals surface area contributed by atoms with Crippen molar-refractivity contribution in [3.05, 3.63) is 182 Å². The molecule has 0 aliphatic rings. The largest absolute Gasteiger partial charge is 2.00 e. The Morgan fingerprint density at radius 3 is 0.762 bits per heavy atom. The van der Waals surface area contributed by atoms with Gasteiger partial charge < -0.3 is 24.8 Å². The first-order chi connectivity index (χ1) is 18.9. The van der Waals surface area contributed by atoms with Gasteiger partial charge in [-0.25, -0.2) is 0 Å². The van der Waals surface area contributed by atoms with Gasteiger partial charge in [0.2, 0.25) is 0 Å². The molecule has 206 valence electrons. The van der Waals surface area contributed by atoms with Gasteiger partial charge in [0.05, 0.1) is 0 Å². The Hall–Kier alpha value is -3.26. The van der Waals surface area contributed by atoms with Gasteiger partial charge in [0, 0.05) is 11.0 Å². The summed E-state index contributed by atoms with van der Waals surface area (Å²) in [5.74, 6) is 0. The van der Waals surface area contributed by atoms with Crippen molar-refractivity contribution in [1.82, 2.24) is 0 Å². The van der Waals surface area contributed by atoms with Crippen LogP contribution in [0.2, 0.25) is 0 Å². The second-order valence-electron chi connectivity index (χ2n) is 8.79. The minimum atomic E-state index is 0. The van der Waals surface area contributed by atoms with Crippen molar-refractivity contribution in [1.29, 1.82) is 0 Å².